The quantitative estimate of drug-likeness (QED) is 0.593. The number of likely N-dealkylation sites (N-methyl/N-ethyl adjacent to an activating group) is 1. The van der Waals surface area contributed by atoms with Crippen molar-refractivity contribution >= 4 is 5.78 Å². The molecule has 1 saturated heterocycles. The number of carbonyl (C=O) groups is 1. The van der Waals surface area contributed by atoms with Crippen LogP contribution in [0.2, 0.25) is 0 Å². The van der Waals surface area contributed by atoms with Gasteiger partial charge in [0.1, 0.15) is 13.2 Å². The van der Waals surface area contributed by atoms with E-state index in [9.17, 15) is 4.79 Å². The molecule has 1 fully saturated rings. The summed E-state index contributed by atoms with van der Waals surface area (Å²) in [4.78, 5) is 11.8. The van der Waals surface area contributed by atoms with E-state index in [-0.39, 0.29) is 12.0 Å². The van der Waals surface area contributed by atoms with Crippen LogP contribution in [0.5, 0.6) is 0 Å². The summed E-state index contributed by atoms with van der Waals surface area (Å²) in [6.07, 6.45) is 0. The first-order chi connectivity index (χ1) is 5.95. The molecule has 0 saturated carbocycles. The van der Waals surface area contributed by atoms with Gasteiger partial charge in [0.15, 0.2) is 11.8 Å². The van der Waals surface area contributed by atoms with Gasteiger partial charge < -0.3 is 9.22 Å². The van der Waals surface area contributed by atoms with Crippen molar-refractivity contribution in [1.82, 2.24) is 0 Å². The Labute approximate surface area is 80.3 Å². The highest BCUT2D eigenvalue weighted by atomic mass is 16.5. The number of morpholine rings is 1. The molecule has 0 aromatic heterocycles. The fourth-order valence-corrected chi connectivity index (χ4v) is 1.66. The minimum absolute atomic E-state index is 0.0359. The van der Waals surface area contributed by atoms with E-state index in [0.717, 1.165) is 17.6 Å². The number of hydrogen-bond donors (Lipinski definition) is 0. The molecule has 0 unspecified atom stereocenters. The van der Waals surface area contributed by atoms with Gasteiger partial charge in [-0.05, 0) is 0 Å². The molecule has 1 aliphatic rings. The lowest BCUT2D eigenvalue weighted by atomic mass is 9.99. The number of hydrogen-bond acceptors (Lipinski definition) is 2. The zero-order valence-corrected chi connectivity index (χ0v) is 9.04. The minimum Gasteiger partial charge on any atom is -0.369 e. The summed E-state index contributed by atoms with van der Waals surface area (Å²) >= 11 is 0. The lowest BCUT2D eigenvalue weighted by Gasteiger charge is -2.40. The molecule has 3 heteroatoms. The Bertz CT molecular complexity index is 199. The summed E-state index contributed by atoms with van der Waals surface area (Å²) < 4.78 is 6.13. The van der Waals surface area contributed by atoms with Crippen molar-refractivity contribution in [1.29, 1.82) is 0 Å². The number of nitrogens with zero attached hydrogens (tertiary/aromatic N) is 1. The number of ketones is 1. The monoisotopic (exact) mass is 186 g/mol. The van der Waals surface area contributed by atoms with Crippen molar-refractivity contribution in [3.8, 4) is 0 Å². The molecule has 0 bridgehead atoms. The molecule has 0 radical (unpaired) electrons. The van der Waals surface area contributed by atoms with Gasteiger partial charge in [-0.3, -0.25) is 4.79 Å². The number of rotatable bonds is 2. The smallest absolute Gasteiger partial charge is 0.194 e. The lowest BCUT2D eigenvalue weighted by molar-refractivity contribution is -0.913. The van der Waals surface area contributed by atoms with Crippen molar-refractivity contribution in [3.63, 3.8) is 0 Å². The first-order valence-corrected chi connectivity index (χ1v) is 4.89. The van der Waals surface area contributed by atoms with Gasteiger partial charge in [0.2, 0.25) is 0 Å². The summed E-state index contributed by atoms with van der Waals surface area (Å²) in [5.74, 6) is 0.439. The molecule has 0 N–H and O–H groups in total. The molecule has 1 rings (SSSR count). The molecule has 1 atom stereocenters. The molecule has 0 aromatic carbocycles. The maximum atomic E-state index is 11.8. The number of Topliss-reactive ketones (excluding diaryl/α,β-unsaturated/α-hetero) is 1. The van der Waals surface area contributed by atoms with E-state index in [1.165, 1.54) is 0 Å². The highest BCUT2D eigenvalue weighted by Crippen LogP contribution is 2.16. The molecule has 1 heterocycles. The van der Waals surface area contributed by atoms with Crippen LogP contribution in [0, 0.1) is 5.92 Å². The SMILES string of the molecule is CC(C)C(=O)[C@@H]1COCC[N+]1(C)C. The maximum Gasteiger partial charge on any atom is 0.194 e. The van der Waals surface area contributed by atoms with E-state index in [1.54, 1.807) is 0 Å². The largest absolute Gasteiger partial charge is 0.369 e. The zero-order chi connectivity index (χ0) is 10.1. The van der Waals surface area contributed by atoms with Crippen LogP contribution in [-0.4, -0.2) is 50.2 Å². The van der Waals surface area contributed by atoms with E-state index in [2.05, 4.69) is 14.1 Å². The van der Waals surface area contributed by atoms with E-state index < -0.39 is 0 Å². The van der Waals surface area contributed by atoms with Gasteiger partial charge >= 0.3 is 0 Å². The number of carbonyl (C=O) groups excluding carboxylic acids is 1. The third kappa shape index (κ3) is 2.29. The van der Waals surface area contributed by atoms with Crippen LogP contribution in [-0.2, 0) is 9.53 Å². The predicted octanol–water partition coefficient (Wildman–Crippen LogP) is 0.687. The Morgan fingerprint density at radius 3 is 2.54 bits per heavy atom. The average Bonchev–Trinajstić information content (AvgIpc) is 2.02. The van der Waals surface area contributed by atoms with Crippen LogP contribution in [0.4, 0.5) is 0 Å². The standard InChI is InChI=1S/C10H20NO2/c1-8(2)10(12)9-7-13-6-5-11(9,3)4/h8-9H,5-7H2,1-4H3/q+1/t9-/m0/s1. The zero-order valence-electron chi connectivity index (χ0n) is 9.04. The van der Waals surface area contributed by atoms with Gasteiger partial charge in [-0.25, -0.2) is 0 Å². The van der Waals surface area contributed by atoms with Crippen LogP contribution >= 0.6 is 0 Å². The molecule has 3 nitrogen and oxygen atoms in total. The van der Waals surface area contributed by atoms with Crippen molar-refractivity contribution in [3.05, 3.63) is 0 Å². The van der Waals surface area contributed by atoms with Crippen molar-refractivity contribution in [2.75, 3.05) is 33.9 Å². The van der Waals surface area contributed by atoms with Crippen LogP contribution in [0.1, 0.15) is 13.8 Å². The fraction of sp³-hybridized carbons (Fsp3) is 0.900. The maximum absolute atomic E-state index is 11.8. The molecule has 0 amide bonds. The fourth-order valence-electron chi connectivity index (χ4n) is 1.66. The van der Waals surface area contributed by atoms with Crippen LogP contribution in [0.15, 0.2) is 0 Å². The molecular formula is C10H20NO2+. The predicted molar refractivity (Wildman–Crippen MR) is 51.4 cm³/mol. The second-order valence-corrected chi connectivity index (χ2v) is 4.65. The molecule has 0 aromatic rings. The highest BCUT2D eigenvalue weighted by Gasteiger charge is 2.38. The van der Waals surface area contributed by atoms with E-state index in [0.29, 0.717) is 12.4 Å². The average molecular weight is 186 g/mol. The lowest BCUT2D eigenvalue weighted by Crippen LogP contribution is -2.60. The molecule has 13 heavy (non-hydrogen) atoms. The summed E-state index contributed by atoms with van der Waals surface area (Å²) in [5.41, 5.74) is 0. The third-order valence-electron chi connectivity index (χ3n) is 2.83. The van der Waals surface area contributed by atoms with Crippen molar-refractivity contribution in [2.24, 2.45) is 5.92 Å². The summed E-state index contributed by atoms with van der Waals surface area (Å²) in [7, 11) is 4.21. The molecular weight excluding hydrogens is 166 g/mol. The Balaban J connectivity index is 2.71. The Morgan fingerprint density at radius 2 is 2.08 bits per heavy atom. The van der Waals surface area contributed by atoms with Crippen LogP contribution in [0.25, 0.3) is 0 Å². The first kappa shape index (κ1) is 10.7. The van der Waals surface area contributed by atoms with E-state index in [1.807, 2.05) is 13.8 Å². The number of ether oxygens (including phenoxy) is 1. The number of quaternary nitrogens is 1. The van der Waals surface area contributed by atoms with Gasteiger partial charge in [-0.1, -0.05) is 13.8 Å². The molecule has 76 valence electrons. The van der Waals surface area contributed by atoms with Gasteiger partial charge in [0, 0.05) is 5.92 Å². The molecule has 0 aliphatic carbocycles. The first-order valence-electron chi connectivity index (χ1n) is 4.89. The van der Waals surface area contributed by atoms with Gasteiger partial charge in [0.05, 0.1) is 20.7 Å². The molecule has 1 aliphatic heterocycles. The highest BCUT2D eigenvalue weighted by molar-refractivity contribution is 5.84. The third-order valence-corrected chi connectivity index (χ3v) is 2.83. The topological polar surface area (TPSA) is 26.3 Å². The van der Waals surface area contributed by atoms with E-state index >= 15 is 0 Å². The Morgan fingerprint density at radius 1 is 1.46 bits per heavy atom. The van der Waals surface area contributed by atoms with Gasteiger partial charge in [0.25, 0.3) is 0 Å². The molecule has 0 spiro atoms. The summed E-state index contributed by atoms with van der Waals surface area (Å²) in [5, 5.41) is 0. The van der Waals surface area contributed by atoms with Crippen molar-refractivity contribution < 1.29 is 14.0 Å². The second-order valence-electron chi connectivity index (χ2n) is 4.65. The van der Waals surface area contributed by atoms with Gasteiger partial charge in [-0.15, -0.1) is 0 Å². The Hall–Kier alpha value is -0.410. The van der Waals surface area contributed by atoms with E-state index in [4.69, 9.17) is 4.74 Å². The second kappa shape index (κ2) is 3.76. The van der Waals surface area contributed by atoms with Gasteiger partial charge in [-0.2, -0.15) is 0 Å². The Kier molecular flexibility index (Phi) is 3.09. The van der Waals surface area contributed by atoms with Crippen LogP contribution < -0.4 is 0 Å². The normalized spacial score (nSPS) is 27.6. The van der Waals surface area contributed by atoms with Crippen LogP contribution in [0.3, 0.4) is 0 Å². The summed E-state index contributed by atoms with van der Waals surface area (Å²) in [6, 6.07) is 0.0359. The summed E-state index contributed by atoms with van der Waals surface area (Å²) in [6.45, 7) is 6.20. The minimum atomic E-state index is 0.0359. The van der Waals surface area contributed by atoms with Crippen molar-refractivity contribution in [2.45, 2.75) is 19.9 Å².